The van der Waals surface area contributed by atoms with Gasteiger partial charge in [-0.1, -0.05) is 30.3 Å². The van der Waals surface area contributed by atoms with Gasteiger partial charge in [0.2, 0.25) is 6.29 Å². The Hall–Kier alpha value is -2.27. The predicted octanol–water partition coefficient (Wildman–Crippen LogP) is 0.859. The number of carbonyl (C=O) groups excluding carboxylic acids is 1. The molecule has 1 saturated heterocycles. The van der Waals surface area contributed by atoms with Crippen LogP contribution in [0.2, 0.25) is 0 Å². The van der Waals surface area contributed by atoms with Gasteiger partial charge in [0, 0.05) is 25.3 Å². The second kappa shape index (κ2) is 9.54. The maximum absolute atomic E-state index is 12.6. The quantitative estimate of drug-likeness (QED) is 0.359. The number of hydrogen-bond donors (Lipinski definition) is 4. The number of rotatable bonds is 6. The summed E-state index contributed by atoms with van der Waals surface area (Å²) in [6.45, 7) is 1.33. The molecule has 9 heteroatoms. The highest BCUT2D eigenvalue weighted by Crippen LogP contribution is 2.51. The third kappa shape index (κ3) is 4.98. The summed E-state index contributed by atoms with van der Waals surface area (Å²) in [4.78, 5) is 12.6. The molecular formula is C24H30O9. The number of ether oxygens (including phenoxy) is 4. The van der Waals surface area contributed by atoms with Crippen LogP contribution >= 0.6 is 0 Å². The minimum atomic E-state index is -1.76. The number of hydrogen-bond acceptors (Lipinski definition) is 9. The van der Waals surface area contributed by atoms with Gasteiger partial charge in [-0.2, -0.15) is 0 Å². The molecule has 33 heavy (non-hydrogen) atoms. The van der Waals surface area contributed by atoms with Crippen LogP contribution in [-0.2, 0) is 23.7 Å². The van der Waals surface area contributed by atoms with Gasteiger partial charge in [0.15, 0.2) is 6.29 Å². The van der Waals surface area contributed by atoms with Crippen LogP contribution in [0.15, 0.2) is 48.7 Å². The molecule has 2 heterocycles. The molecule has 180 valence electrons. The van der Waals surface area contributed by atoms with Gasteiger partial charge < -0.3 is 39.4 Å². The van der Waals surface area contributed by atoms with Crippen LogP contribution in [-0.4, -0.2) is 75.1 Å². The smallest absolute Gasteiger partial charge is 0.331 e. The first-order valence-electron chi connectivity index (χ1n) is 11.0. The lowest BCUT2D eigenvalue weighted by molar-refractivity contribution is -0.311. The molecule has 0 aromatic heterocycles. The number of aliphatic hydroxyl groups excluding tert-OH is 3. The summed E-state index contributed by atoms with van der Waals surface area (Å²) >= 11 is 0. The molecule has 4 rings (SSSR count). The van der Waals surface area contributed by atoms with E-state index in [0.717, 1.165) is 5.56 Å². The fourth-order valence-electron chi connectivity index (χ4n) is 4.91. The van der Waals surface area contributed by atoms with E-state index in [1.54, 1.807) is 13.0 Å². The summed E-state index contributed by atoms with van der Waals surface area (Å²) < 4.78 is 22.9. The number of esters is 1. The van der Waals surface area contributed by atoms with Gasteiger partial charge in [-0.15, -0.1) is 0 Å². The summed E-state index contributed by atoms with van der Waals surface area (Å²) in [5.74, 6) is -1.62. The molecule has 0 radical (unpaired) electrons. The van der Waals surface area contributed by atoms with E-state index in [4.69, 9.17) is 18.9 Å². The first-order chi connectivity index (χ1) is 15.7. The summed E-state index contributed by atoms with van der Waals surface area (Å²) in [6, 6.07) is 9.24. The number of benzene rings is 1. The minimum Gasteiger partial charge on any atom is -0.472 e. The second-order valence-electron chi connectivity index (χ2n) is 9.00. The van der Waals surface area contributed by atoms with Gasteiger partial charge >= 0.3 is 5.97 Å². The first-order valence-corrected chi connectivity index (χ1v) is 11.0. The van der Waals surface area contributed by atoms with Crippen molar-refractivity contribution in [3.8, 4) is 0 Å². The van der Waals surface area contributed by atoms with Crippen molar-refractivity contribution in [1.29, 1.82) is 0 Å². The molecule has 1 aromatic rings. The Kier molecular flexibility index (Phi) is 6.90. The van der Waals surface area contributed by atoms with Crippen molar-refractivity contribution >= 4 is 12.0 Å². The van der Waals surface area contributed by atoms with Crippen LogP contribution in [0.3, 0.4) is 0 Å². The second-order valence-corrected chi connectivity index (χ2v) is 9.00. The maximum Gasteiger partial charge on any atom is 0.331 e. The number of aliphatic hydroxyl groups is 4. The van der Waals surface area contributed by atoms with Crippen LogP contribution in [0.1, 0.15) is 31.7 Å². The van der Waals surface area contributed by atoms with Crippen LogP contribution in [0, 0.1) is 5.92 Å². The maximum atomic E-state index is 12.6. The zero-order valence-corrected chi connectivity index (χ0v) is 18.3. The van der Waals surface area contributed by atoms with Gasteiger partial charge in [0.05, 0.1) is 37.1 Å². The van der Waals surface area contributed by atoms with E-state index in [1.165, 1.54) is 18.4 Å². The minimum absolute atomic E-state index is 0.0416. The molecule has 0 bridgehead atoms. The van der Waals surface area contributed by atoms with E-state index >= 15 is 0 Å². The topological polar surface area (TPSA) is 135 Å². The molecule has 0 amide bonds. The summed E-state index contributed by atoms with van der Waals surface area (Å²) in [6.07, 6.45) is 1.22. The number of carbonyl (C=O) groups is 1. The Balaban J connectivity index is 1.52. The number of fused-ring (bicyclic) bond motifs is 1. The fourth-order valence-corrected chi connectivity index (χ4v) is 4.91. The van der Waals surface area contributed by atoms with Gasteiger partial charge in [0.1, 0.15) is 11.2 Å². The van der Waals surface area contributed by atoms with Crippen LogP contribution in [0.5, 0.6) is 0 Å². The largest absolute Gasteiger partial charge is 0.472 e. The Morgan fingerprint density at radius 1 is 1.24 bits per heavy atom. The van der Waals surface area contributed by atoms with Crippen molar-refractivity contribution in [2.45, 2.75) is 68.3 Å². The highest BCUT2D eigenvalue weighted by atomic mass is 16.8. The molecule has 2 aliphatic heterocycles. The molecule has 8 atom stereocenters. The molecule has 4 N–H and O–H groups in total. The van der Waals surface area contributed by atoms with E-state index in [9.17, 15) is 25.2 Å². The lowest BCUT2D eigenvalue weighted by Gasteiger charge is -2.44. The van der Waals surface area contributed by atoms with E-state index in [-0.39, 0.29) is 25.9 Å². The predicted molar refractivity (Wildman–Crippen MR) is 115 cm³/mol. The SMILES string of the molecule is C[C@]1(OC(=O)/C=C/c2ccccc2)C[C@@H](O)[C@]2(O)C=CO[C@@H](OC3CC(O)C[C@@H](CO)O3)[C@@H]21. The Morgan fingerprint density at radius 3 is 2.73 bits per heavy atom. The highest BCUT2D eigenvalue weighted by molar-refractivity contribution is 5.87. The zero-order chi connectivity index (χ0) is 23.6. The molecule has 2 fully saturated rings. The van der Waals surface area contributed by atoms with Crippen molar-refractivity contribution in [3.63, 3.8) is 0 Å². The monoisotopic (exact) mass is 462 g/mol. The van der Waals surface area contributed by atoms with Crippen molar-refractivity contribution < 1.29 is 44.2 Å². The molecule has 1 saturated carbocycles. The van der Waals surface area contributed by atoms with Gasteiger partial charge in [-0.3, -0.25) is 0 Å². The summed E-state index contributed by atoms with van der Waals surface area (Å²) in [5.41, 5.74) is -2.27. The zero-order valence-electron chi connectivity index (χ0n) is 18.3. The molecule has 3 aliphatic rings. The van der Waals surface area contributed by atoms with Crippen molar-refractivity contribution in [3.05, 3.63) is 54.3 Å². The van der Waals surface area contributed by atoms with Crippen LogP contribution < -0.4 is 0 Å². The lowest BCUT2D eigenvalue weighted by Crippen LogP contribution is -2.56. The molecular weight excluding hydrogens is 432 g/mol. The Bertz CT molecular complexity index is 887. The van der Waals surface area contributed by atoms with E-state index in [2.05, 4.69) is 0 Å². The van der Waals surface area contributed by atoms with E-state index in [1.807, 2.05) is 30.3 Å². The van der Waals surface area contributed by atoms with Crippen molar-refractivity contribution in [2.75, 3.05) is 6.61 Å². The standard InChI is InChI=1S/C24H30O9/c1-23(33-19(28)8-7-15-5-3-2-4-6-15)13-18(27)24(29)9-10-30-22(21(23)24)32-20-12-16(26)11-17(14-25)31-20/h2-10,16-18,20-22,25-27,29H,11-14H2,1H3/b8-7+/t16?,17-,18+,20?,21+,22-,23-,24+/m0/s1. The van der Waals surface area contributed by atoms with Gasteiger partial charge in [-0.05, 0) is 24.6 Å². The van der Waals surface area contributed by atoms with Crippen LogP contribution in [0.4, 0.5) is 0 Å². The van der Waals surface area contributed by atoms with Crippen molar-refractivity contribution in [1.82, 2.24) is 0 Å². The Morgan fingerprint density at radius 2 is 2.00 bits per heavy atom. The molecule has 9 nitrogen and oxygen atoms in total. The fraction of sp³-hybridized carbons (Fsp3) is 0.542. The summed E-state index contributed by atoms with van der Waals surface area (Å²) in [5, 5.41) is 41.4. The lowest BCUT2D eigenvalue weighted by atomic mass is 9.81. The normalized spacial score (nSPS) is 40.4. The third-order valence-electron chi connectivity index (χ3n) is 6.49. The van der Waals surface area contributed by atoms with E-state index < -0.39 is 54.0 Å². The third-order valence-corrected chi connectivity index (χ3v) is 6.49. The highest BCUT2D eigenvalue weighted by Gasteiger charge is 2.66. The van der Waals surface area contributed by atoms with E-state index in [0.29, 0.717) is 0 Å². The molecule has 2 unspecified atom stereocenters. The molecule has 1 aromatic carbocycles. The van der Waals surface area contributed by atoms with Gasteiger partial charge in [0.25, 0.3) is 0 Å². The first kappa shape index (κ1) is 23.9. The molecule has 0 spiro atoms. The Labute approximate surface area is 191 Å². The average molecular weight is 462 g/mol. The average Bonchev–Trinajstić information content (AvgIpc) is 2.98. The van der Waals surface area contributed by atoms with Crippen molar-refractivity contribution in [2.24, 2.45) is 5.92 Å². The van der Waals surface area contributed by atoms with Gasteiger partial charge in [-0.25, -0.2) is 4.79 Å². The van der Waals surface area contributed by atoms with Crippen LogP contribution in [0.25, 0.3) is 6.08 Å². The molecule has 1 aliphatic carbocycles. The summed E-state index contributed by atoms with van der Waals surface area (Å²) in [7, 11) is 0.